The van der Waals surface area contributed by atoms with E-state index in [-0.39, 0.29) is 29.7 Å². The van der Waals surface area contributed by atoms with Crippen LogP contribution in [0.4, 0.5) is 0 Å². The molecule has 0 fully saturated rings. The number of H-pyrrole nitrogens is 1. The fourth-order valence-corrected chi connectivity index (χ4v) is 3.25. The standard InChI is InChI=1S/C21H20N6O2/c1-13-3-5-15(6-4-13)19(16-7-9-22-10-8-16)26-18(28)11-17-14(2)25-21-23-12-24-27(21)20(17)29/h3-10,12,19H,11H2,1-2H3,(H,26,28)(H,23,24,25)/t19-/m1/s1. The Labute approximate surface area is 166 Å². The van der Waals surface area contributed by atoms with Crippen LogP contribution in [0.3, 0.4) is 0 Å². The zero-order valence-corrected chi connectivity index (χ0v) is 16.1. The number of aryl methyl sites for hydroxylation is 2. The molecule has 4 aromatic rings. The van der Waals surface area contributed by atoms with Gasteiger partial charge in [-0.2, -0.15) is 4.52 Å². The number of benzene rings is 1. The van der Waals surface area contributed by atoms with Crippen molar-refractivity contribution in [3.05, 3.63) is 93.4 Å². The molecule has 3 heterocycles. The van der Waals surface area contributed by atoms with Crippen LogP contribution in [-0.2, 0) is 11.2 Å². The molecule has 0 unspecified atom stereocenters. The van der Waals surface area contributed by atoms with E-state index in [2.05, 4.69) is 25.4 Å². The minimum absolute atomic E-state index is 0.0763. The van der Waals surface area contributed by atoms with Crippen LogP contribution in [-0.4, -0.2) is 30.5 Å². The molecule has 0 saturated carbocycles. The molecule has 0 aliphatic rings. The first-order valence-electron chi connectivity index (χ1n) is 9.20. The van der Waals surface area contributed by atoms with E-state index < -0.39 is 0 Å². The Bertz CT molecular complexity index is 1210. The first-order chi connectivity index (χ1) is 14.0. The van der Waals surface area contributed by atoms with Gasteiger partial charge < -0.3 is 5.32 Å². The molecule has 0 saturated heterocycles. The van der Waals surface area contributed by atoms with Crippen molar-refractivity contribution in [1.29, 1.82) is 0 Å². The molecule has 0 spiro atoms. The molecular formula is C21H20N6O2. The fourth-order valence-electron chi connectivity index (χ4n) is 3.25. The van der Waals surface area contributed by atoms with E-state index in [0.29, 0.717) is 11.3 Å². The summed E-state index contributed by atoms with van der Waals surface area (Å²) in [5.74, 6) is 0.0137. The largest absolute Gasteiger partial charge is 0.345 e. The van der Waals surface area contributed by atoms with Crippen LogP contribution in [0.2, 0.25) is 0 Å². The van der Waals surface area contributed by atoms with Gasteiger partial charge in [0, 0.05) is 18.0 Å². The van der Waals surface area contributed by atoms with E-state index in [0.717, 1.165) is 16.7 Å². The van der Waals surface area contributed by atoms with Gasteiger partial charge in [0.05, 0.1) is 18.2 Å². The number of nitrogens with one attached hydrogen (secondary N) is 2. The summed E-state index contributed by atoms with van der Waals surface area (Å²) in [7, 11) is 0. The quantitative estimate of drug-likeness (QED) is 0.543. The summed E-state index contributed by atoms with van der Waals surface area (Å²) < 4.78 is 1.23. The van der Waals surface area contributed by atoms with Crippen molar-refractivity contribution in [1.82, 2.24) is 29.9 Å². The summed E-state index contributed by atoms with van der Waals surface area (Å²) in [5.41, 5.74) is 3.50. The average molecular weight is 388 g/mol. The predicted molar refractivity (Wildman–Crippen MR) is 107 cm³/mol. The number of amides is 1. The highest BCUT2D eigenvalue weighted by molar-refractivity contribution is 5.79. The van der Waals surface area contributed by atoms with Crippen LogP contribution < -0.4 is 10.9 Å². The maximum Gasteiger partial charge on any atom is 0.277 e. The van der Waals surface area contributed by atoms with E-state index >= 15 is 0 Å². The summed E-state index contributed by atoms with van der Waals surface area (Å²) in [5, 5.41) is 5.76. The SMILES string of the molecule is Cc1ccc([C@@H](NC(=O)Cc2c(C)nc3nc[nH]n3c2=O)c2ccncc2)cc1. The molecule has 146 valence electrons. The van der Waals surface area contributed by atoms with Crippen LogP contribution in [0, 0.1) is 13.8 Å². The Morgan fingerprint density at radius 3 is 2.52 bits per heavy atom. The number of carbonyl (C=O) groups excluding carboxylic acids is 1. The van der Waals surface area contributed by atoms with Crippen molar-refractivity contribution < 1.29 is 4.79 Å². The zero-order valence-electron chi connectivity index (χ0n) is 16.1. The van der Waals surface area contributed by atoms with Gasteiger partial charge in [0.25, 0.3) is 11.3 Å². The number of hydrogen-bond donors (Lipinski definition) is 2. The van der Waals surface area contributed by atoms with Gasteiger partial charge in [-0.15, -0.1) is 0 Å². The van der Waals surface area contributed by atoms with Crippen molar-refractivity contribution in [2.75, 3.05) is 0 Å². The molecule has 4 rings (SSSR count). The number of aromatic nitrogens is 5. The highest BCUT2D eigenvalue weighted by atomic mass is 16.2. The molecule has 29 heavy (non-hydrogen) atoms. The summed E-state index contributed by atoms with van der Waals surface area (Å²) in [6, 6.07) is 11.4. The van der Waals surface area contributed by atoms with Crippen LogP contribution in [0.5, 0.6) is 0 Å². The third-order valence-corrected chi connectivity index (χ3v) is 4.83. The van der Waals surface area contributed by atoms with Gasteiger partial charge in [-0.05, 0) is 37.1 Å². The minimum Gasteiger partial charge on any atom is -0.345 e. The van der Waals surface area contributed by atoms with Crippen molar-refractivity contribution in [3.63, 3.8) is 0 Å². The van der Waals surface area contributed by atoms with Crippen LogP contribution in [0.15, 0.2) is 59.9 Å². The number of aromatic amines is 1. The Morgan fingerprint density at radius 2 is 1.79 bits per heavy atom. The van der Waals surface area contributed by atoms with Gasteiger partial charge in [0.2, 0.25) is 5.91 Å². The number of pyridine rings is 1. The molecule has 0 radical (unpaired) electrons. The lowest BCUT2D eigenvalue weighted by atomic mass is 9.98. The Balaban J connectivity index is 1.64. The summed E-state index contributed by atoms with van der Waals surface area (Å²) in [4.78, 5) is 37.9. The predicted octanol–water partition coefficient (Wildman–Crippen LogP) is 1.88. The van der Waals surface area contributed by atoms with E-state index in [1.54, 1.807) is 19.3 Å². The van der Waals surface area contributed by atoms with Gasteiger partial charge in [-0.1, -0.05) is 29.8 Å². The zero-order chi connectivity index (χ0) is 20.4. The second-order valence-electron chi connectivity index (χ2n) is 6.87. The van der Waals surface area contributed by atoms with Crippen molar-refractivity contribution in [2.45, 2.75) is 26.3 Å². The lowest BCUT2D eigenvalue weighted by Crippen LogP contribution is -2.33. The molecule has 8 nitrogen and oxygen atoms in total. The van der Waals surface area contributed by atoms with Crippen LogP contribution >= 0.6 is 0 Å². The van der Waals surface area contributed by atoms with E-state index in [1.807, 2.05) is 43.3 Å². The van der Waals surface area contributed by atoms with Gasteiger partial charge in [-0.3, -0.25) is 19.7 Å². The molecular weight excluding hydrogens is 368 g/mol. The number of nitrogens with zero attached hydrogens (tertiary/aromatic N) is 4. The Morgan fingerprint density at radius 1 is 1.10 bits per heavy atom. The molecule has 1 aromatic carbocycles. The van der Waals surface area contributed by atoms with Crippen LogP contribution in [0.25, 0.3) is 5.78 Å². The third kappa shape index (κ3) is 3.77. The average Bonchev–Trinajstić information content (AvgIpc) is 3.19. The number of carbonyl (C=O) groups is 1. The fraction of sp³-hybridized carbons (Fsp3) is 0.190. The maximum absolute atomic E-state index is 12.9. The molecule has 0 aliphatic carbocycles. The topological polar surface area (TPSA) is 105 Å². The summed E-state index contributed by atoms with van der Waals surface area (Å²) >= 11 is 0. The Kier molecular flexibility index (Phi) is 4.90. The van der Waals surface area contributed by atoms with Gasteiger partial charge in [0.15, 0.2) is 0 Å². The van der Waals surface area contributed by atoms with Gasteiger partial charge >= 0.3 is 0 Å². The highest BCUT2D eigenvalue weighted by Gasteiger charge is 2.20. The van der Waals surface area contributed by atoms with Crippen molar-refractivity contribution in [3.8, 4) is 0 Å². The minimum atomic E-state index is -0.349. The van der Waals surface area contributed by atoms with Gasteiger partial charge in [-0.25, -0.2) is 9.97 Å². The molecule has 1 atom stereocenters. The lowest BCUT2D eigenvalue weighted by molar-refractivity contribution is -0.121. The highest BCUT2D eigenvalue weighted by Crippen LogP contribution is 2.22. The molecule has 0 aliphatic heterocycles. The van der Waals surface area contributed by atoms with Gasteiger partial charge in [0.1, 0.15) is 6.33 Å². The van der Waals surface area contributed by atoms with Crippen molar-refractivity contribution >= 4 is 11.7 Å². The van der Waals surface area contributed by atoms with E-state index in [9.17, 15) is 9.59 Å². The molecule has 0 bridgehead atoms. The third-order valence-electron chi connectivity index (χ3n) is 4.83. The second kappa shape index (κ2) is 7.67. The lowest BCUT2D eigenvalue weighted by Gasteiger charge is -2.20. The second-order valence-corrected chi connectivity index (χ2v) is 6.87. The smallest absolute Gasteiger partial charge is 0.277 e. The first-order valence-corrected chi connectivity index (χ1v) is 9.20. The molecule has 2 N–H and O–H groups in total. The number of fused-ring (bicyclic) bond motifs is 1. The molecule has 1 amide bonds. The molecule has 3 aromatic heterocycles. The van der Waals surface area contributed by atoms with Crippen molar-refractivity contribution in [2.24, 2.45) is 0 Å². The first kappa shape index (κ1) is 18.5. The number of rotatable bonds is 5. The normalized spacial score (nSPS) is 12.1. The number of hydrogen-bond acceptors (Lipinski definition) is 5. The van der Waals surface area contributed by atoms with E-state index in [1.165, 1.54) is 10.8 Å². The maximum atomic E-state index is 12.9. The van der Waals surface area contributed by atoms with E-state index in [4.69, 9.17) is 0 Å². The monoisotopic (exact) mass is 388 g/mol. The Hall–Kier alpha value is -3.81. The summed E-state index contributed by atoms with van der Waals surface area (Å²) in [6.45, 7) is 3.72. The molecule has 8 heteroatoms. The van der Waals surface area contributed by atoms with Crippen LogP contribution in [0.1, 0.15) is 34.0 Å². The summed E-state index contributed by atoms with van der Waals surface area (Å²) in [6.07, 6.45) is 4.70.